The highest BCUT2D eigenvalue weighted by Gasteiger charge is 2.16. The van der Waals surface area contributed by atoms with Crippen molar-refractivity contribution in [3.05, 3.63) is 30.0 Å². The summed E-state index contributed by atoms with van der Waals surface area (Å²) in [6, 6.07) is 2.20. The highest BCUT2D eigenvalue weighted by atomic mass is 35.5. The van der Waals surface area contributed by atoms with E-state index < -0.39 is 0 Å². The van der Waals surface area contributed by atoms with Crippen molar-refractivity contribution in [3.8, 4) is 11.5 Å². The van der Waals surface area contributed by atoms with Gasteiger partial charge in [0.05, 0.1) is 6.20 Å². The van der Waals surface area contributed by atoms with Gasteiger partial charge in [0.1, 0.15) is 5.56 Å². The number of halogens is 1. The molecule has 1 unspecified atom stereocenters. The van der Waals surface area contributed by atoms with E-state index in [1.54, 1.807) is 10.7 Å². The molecule has 0 aliphatic carbocycles. The number of rotatable bonds is 4. The maximum atomic E-state index is 5.32. The molecule has 8 heteroatoms. The molecule has 3 rings (SSSR count). The molecule has 0 spiro atoms. The van der Waals surface area contributed by atoms with Gasteiger partial charge in [0.2, 0.25) is 0 Å². The second-order valence-electron chi connectivity index (χ2n) is 4.80. The Morgan fingerprint density at radius 3 is 2.95 bits per heavy atom. The Labute approximate surface area is 128 Å². The molecule has 0 saturated heterocycles. The Hall–Kier alpha value is -1.99. The third-order valence-electron chi connectivity index (χ3n) is 3.19. The van der Waals surface area contributed by atoms with Crippen molar-refractivity contribution in [2.24, 2.45) is 0 Å². The van der Waals surface area contributed by atoms with E-state index in [4.69, 9.17) is 4.52 Å². The van der Waals surface area contributed by atoms with Crippen molar-refractivity contribution in [3.63, 3.8) is 0 Å². The van der Waals surface area contributed by atoms with Crippen molar-refractivity contribution in [1.29, 1.82) is 0 Å². The number of fused-ring (bicyclic) bond motifs is 1. The molecule has 21 heavy (non-hydrogen) atoms. The van der Waals surface area contributed by atoms with Gasteiger partial charge in [0.15, 0.2) is 11.5 Å². The predicted molar refractivity (Wildman–Crippen MR) is 80.5 cm³/mol. The molecule has 3 aromatic heterocycles. The zero-order valence-corrected chi connectivity index (χ0v) is 12.9. The normalized spacial score (nSPS) is 12.3. The highest BCUT2D eigenvalue weighted by molar-refractivity contribution is 5.85. The number of aryl methyl sites for hydroxylation is 1. The fraction of sp³-hybridized carbons (Fsp3) is 0.385. The van der Waals surface area contributed by atoms with Gasteiger partial charge in [-0.1, -0.05) is 5.16 Å². The Bertz CT molecular complexity index is 737. The zero-order valence-electron chi connectivity index (χ0n) is 12.1. The molecular weight excluding hydrogens is 292 g/mol. The summed E-state index contributed by atoms with van der Waals surface area (Å²) in [6.07, 6.45) is 4.27. The molecule has 7 nitrogen and oxygen atoms in total. The van der Waals surface area contributed by atoms with Crippen LogP contribution >= 0.6 is 12.4 Å². The van der Waals surface area contributed by atoms with Gasteiger partial charge in [0, 0.05) is 24.4 Å². The van der Waals surface area contributed by atoms with E-state index in [1.807, 2.05) is 26.2 Å². The average Bonchev–Trinajstić information content (AvgIpc) is 3.04. The largest absolute Gasteiger partial charge is 0.334 e. The first-order valence-corrected chi connectivity index (χ1v) is 6.48. The van der Waals surface area contributed by atoms with Crippen LogP contribution in [0.1, 0.15) is 18.4 Å². The van der Waals surface area contributed by atoms with Crippen LogP contribution in [0.25, 0.3) is 17.1 Å². The predicted octanol–water partition coefficient (Wildman–Crippen LogP) is 1.66. The lowest BCUT2D eigenvalue weighted by Gasteiger charge is -2.04. The molecule has 0 radical (unpaired) electrons. The molecule has 0 amide bonds. The van der Waals surface area contributed by atoms with Crippen LogP contribution < -0.4 is 5.32 Å². The maximum absolute atomic E-state index is 5.32. The number of hydrogen-bond donors (Lipinski definition) is 1. The molecule has 3 aromatic rings. The first kappa shape index (κ1) is 15.4. The summed E-state index contributed by atoms with van der Waals surface area (Å²) < 4.78 is 7.02. The minimum Gasteiger partial charge on any atom is -0.334 e. The topological polar surface area (TPSA) is 81.1 Å². The number of nitrogens with one attached hydrogen (secondary N) is 1. The summed E-state index contributed by atoms with van der Waals surface area (Å²) in [5.74, 6) is 1.13. The van der Waals surface area contributed by atoms with Crippen LogP contribution in [0.4, 0.5) is 0 Å². The van der Waals surface area contributed by atoms with Gasteiger partial charge in [-0.3, -0.25) is 0 Å². The second-order valence-corrected chi connectivity index (χ2v) is 4.80. The lowest BCUT2D eigenvalue weighted by atomic mass is 10.2. The number of likely N-dealkylation sites (N-methyl/N-ethyl adjacent to an activating group) is 1. The van der Waals surface area contributed by atoms with E-state index in [2.05, 4.69) is 32.5 Å². The van der Waals surface area contributed by atoms with E-state index in [1.165, 1.54) is 0 Å². The molecule has 1 atom stereocenters. The molecule has 112 valence electrons. The van der Waals surface area contributed by atoms with Crippen molar-refractivity contribution in [2.75, 3.05) is 7.05 Å². The third-order valence-corrected chi connectivity index (χ3v) is 3.19. The molecule has 0 aliphatic rings. The van der Waals surface area contributed by atoms with Crippen LogP contribution in [0.2, 0.25) is 0 Å². The van der Waals surface area contributed by atoms with E-state index in [9.17, 15) is 0 Å². The Kier molecular flexibility index (Phi) is 4.54. The molecule has 0 saturated carbocycles. The lowest BCUT2D eigenvalue weighted by molar-refractivity contribution is 0.418. The standard InChI is InChI=1S/C13H16N6O.ClH/c1-8-4-5-19-12(16-8)10(7-15-19)13-17-11(18-20-13)6-9(2)14-3;/h4-5,7,9,14H,6H2,1-3H3;1H. The van der Waals surface area contributed by atoms with Gasteiger partial charge < -0.3 is 9.84 Å². The maximum Gasteiger partial charge on any atom is 0.263 e. The summed E-state index contributed by atoms with van der Waals surface area (Å²) in [5.41, 5.74) is 2.40. The lowest BCUT2D eigenvalue weighted by Crippen LogP contribution is -2.24. The smallest absolute Gasteiger partial charge is 0.263 e. The fourth-order valence-electron chi connectivity index (χ4n) is 1.93. The van der Waals surface area contributed by atoms with Crippen LogP contribution in [-0.4, -0.2) is 37.8 Å². The first-order valence-electron chi connectivity index (χ1n) is 6.48. The van der Waals surface area contributed by atoms with Gasteiger partial charge in [0.25, 0.3) is 5.89 Å². The summed E-state index contributed by atoms with van der Waals surface area (Å²) in [5, 5.41) is 11.4. The van der Waals surface area contributed by atoms with E-state index in [-0.39, 0.29) is 12.4 Å². The van der Waals surface area contributed by atoms with Gasteiger partial charge in [-0.15, -0.1) is 12.4 Å². The number of aromatic nitrogens is 5. The average molecular weight is 309 g/mol. The van der Waals surface area contributed by atoms with Crippen LogP contribution in [-0.2, 0) is 6.42 Å². The van der Waals surface area contributed by atoms with Crippen LogP contribution in [0.3, 0.4) is 0 Å². The van der Waals surface area contributed by atoms with Crippen molar-refractivity contribution < 1.29 is 4.52 Å². The minimum absolute atomic E-state index is 0. The summed E-state index contributed by atoms with van der Waals surface area (Å²) in [4.78, 5) is 8.87. The SMILES string of the molecule is CNC(C)Cc1noc(-c2cnn3ccc(C)nc23)n1.Cl. The molecule has 3 heterocycles. The fourth-order valence-corrected chi connectivity index (χ4v) is 1.93. The molecular formula is C13H17ClN6O. The van der Waals surface area contributed by atoms with E-state index in [0.29, 0.717) is 24.2 Å². The Morgan fingerprint density at radius 1 is 1.38 bits per heavy atom. The quantitative estimate of drug-likeness (QED) is 0.789. The van der Waals surface area contributed by atoms with Crippen LogP contribution in [0, 0.1) is 6.92 Å². The second kappa shape index (κ2) is 6.19. The molecule has 0 aromatic carbocycles. The number of nitrogens with zero attached hydrogens (tertiary/aromatic N) is 5. The van der Waals surface area contributed by atoms with Crippen molar-refractivity contribution >= 4 is 18.1 Å². The van der Waals surface area contributed by atoms with Crippen LogP contribution in [0.15, 0.2) is 23.0 Å². The van der Waals surface area contributed by atoms with Crippen molar-refractivity contribution in [2.45, 2.75) is 26.3 Å². The first-order chi connectivity index (χ1) is 9.67. The molecule has 0 aliphatic heterocycles. The Balaban J connectivity index is 0.00000161. The zero-order chi connectivity index (χ0) is 14.1. The molecule has 0 bridgehead atoms. The van der Waals surface area contributed by atoms with Gasteiger partial charge in [-0.05, 0) is 27.0 Å². The third kappa shape index (κ3) is 3.03. The summed E-state index contributed by atoms with van der Waals surface area (Å²) in [6.45, 7) is 4.00. The van der Waals surface area contributed by atoms with E-state index >= 15 is 0 Å². The molecule has 1 N–H and O–H groups in total. The summed E-state index contributed by atoms with van der Waals surface area (Å²) >= 11 is 0. The molecule has 0 fully saturated rings. The summed E-state index contributed by atoms with van der Waals surface area (Å²) in [7, 11) is 1.91. The van der Waals surface area contributed by atoms with Gasteiger partial charge in [-0.2, -0.15) is 10.1 Å². The van der Waals surface area contributed by atoms with Crippen molar-refractivity contribution in [1.82, 2.24) is 30.1 Å². The Morgan fingerprint density at radius 2 is 2.19 bits per heavy atom. The highest BCUT2D eigenvalue weighted by Crippen LogP contribution is 2.21. The van der Waals surface area contributed by atoms with Gasteiger partial charge >= 0.3 is 0 Å². The van der Waals surface area contributed by atoms with Crippen LogP contribution in [0.5, 0.6) is 0 Å². The monoisotopic (exact) mass is 308 g/mol. The van der Waals surface area contributed by atoms with Gasteiger partial charge in [-0.25, -0.2) is 9.50 Å². The minimum atomic E-state index is 0. The number of hydrogen-bond acceptors (Lipinski definition) is 6. The van der Waals surface area contributed by atoms with E-state index in [0.717, 1.165) is 16.9 Å².